The average molecular weight is 186 g/mol. The van der Waals surface area contributed by atoms with E-state index in [0.29, 0.717) is 11.3 Å². The molecule has 0 radical (unpaired) electrons. The molecule has 80 valence electrons. The quantitative estimate of drug-likeness (QED) is 0.711. The Balaban J connectivity index is 3.57. The van der Waals surface area contributed by atoms with Crippen molar-refractivity contribution in [3.63, 3.8) is 0 Å². The fourth-order valence-corrected chi connectivity index (χ4v) is 1.22. The third kappa shape index (κ3) is 8.26. The monoisotopic (exact) mass is 186 g/mol. The third-order valence-electron chi connectivity index (χ3n) is 2.27. The lowest BCUT2D eigenvalue weighted by Crippen LogP contribution is -2.30. The van der Waals surface area contributed by atoms with Crippen molar-refractivity contribution in [2.24, 2.45) is 17.1 Å². The molecule has 0 bridgehead atoms. The van der Waals surface area contributed by atoms with Crippen LogP contribution in [0.5, 0.6) is 0 Å². The molecule has 2 heteroatoms. The van der Waals surface area contributed by atoms with Gasteiger partial charge in [-0.15, -0.1) is 0 Å². The first-order chi connectivity index (χ1) is 5.85. The van der Waals surface area contributed by atoms with Crippen molar-refractivity contribution in [1.82, 2.24) is 4.90 Å². The Morgan fingerprint density at radius 2 is 1.85 bits per heavy atom. The van der Waals surface area contributed by atoms with Gasteiger partial charge in [0.1, 0.15) is 0 Å². The van der Waals surface area contributed by atoms with E-state index in [9.17, 15) is 0 Å². The largest absolute Gasteiger partial charge is 0.330 e. The summed E-state index contributed by atoms with van der Waals surface area (Å²) in [5.74, 6) is 0.616. The molecular weight excluding hydrogens is 160 g/mol. The molecule has 0 spiro atoms. The molecule has 0 aliphatic carbocycles. The van der Waals surface area contributed by atoms with Crippen LogP contribution in [-0.4, -0.2) is 31.6 Å². The molecule has 0 saturated carbocycles. The van der Waals surface area contributed by atoms with E-state index < -0.39 is 0 Å². The highest BCUT2D eigenvalue weighted by Gasteiger charge is 2.12. The van der Waals surface area contributed by atoms with Crippen molar-refractivity contribution in [3.05, 3.63) is 0 Å². The maximum Gasteiger partial charge on any atom is 0.00160 e. The molecule has 0 fully saturated rings. The summed E-state index contributed by atoms with van der Waals surface area (Å²) in [7, 11) is 2.18. The standard InChI is InChI=1S/C11H26N2/c1-10(8-12)9-13(5)7-6-11(2,3)4/h10H,6-9,12H2,1-5H3. The van der Waals surface area contributed by atoms with E-state index in [1.54, 1.807) is 0 Å². The van der Waals surface area contributed by atoms with Crippen molar-refractivity contribution in [2.75, 3.05) is 26.7 Å². The van der Waals surface area contributed by atoms with Crippen LogP contribution < -0.4 is 5.73 Å². The van der Waals surface area contributed by atoms with E-state index in [4.69, 9.17) is 5.73 Å². The van der Waals surface area contributed by atoms with Crippen LogP contribution in [0.1, 0.15) is 34.1 Å². The van der Waals surface area contributed by atoms with Crippen molar-refractivity contribution < 1.29 is 0 Å². The molecule has 0 heterocycles. The first kappa shape index (κ1) is 12.9. The second-order valence-electron chi connectivity index (χ2n) is 5.41. The van der Waals surface area contributed by atoms with E-state index in [1.807, 2.05) is 0 Å². The van der Waals surface area contributed by atoms with E-state index in [2.05, 4.69) is 39.6 Å². The van der Waals surface area contributed by atoms with Crippen LogP contribution in [0.15, 0.2) is 0 Å². The highest BCUT2D eigenvalue weighted by molar-refractivity contribution is 4.66. The van der Waals surface area contributed by atoms with Crippen molar-refractivity contribution in [2.45, 2.75) is 34.1 Å². The average Bonchev–Trinajstić information content (AvgIpc) is 1.99. The summed E-state index contributed by atoms with van der Waals surface area (Å²) in [6.07, 6.45) is 1.25. The zero-order valence-corrected chi connectivity index (χ0v) is 9.93. The molecule has 2 nitrogen and oxygen atoms in total. The summed E-state index contributed by atoms with van der Waals surface area (Å²) in [5.41, 5.74) is 6.02. The number of nitrogens with zero attached hydrogens (tertiary/aromatic N) is 1. The molecule has 0 rings (SSSR count). The molecule has 0 aromatic carbocycles. The zero-order chi connectivity index (χ0) is 10.5. The predicted octanol–water partition coefficient (Wildman–Crippen LogP) is 1.95. The normalized spacial score (nSPS) is 15.0. The second kappa shape index (κ2) is 5.61. The molecular formula is C11H26N2. The topological polar surface area (TPSA) is 29.3 Å². The van der Waals surface area contributed by atoms with Gasteiger partial charge in [-0.25, -0.2) is 0 Å². The summed E-state index contributed by atoms with van der Waals surface area (Å²) < 4.78 is 0. The predicted molar refractivity (Wildman–Crippen MR) is 59.8 cm³/mol. The third-order valence-corrected chi connectivity index (χ3v) is 2.27. The molecule has 0 saturated heterocycles. The molecule has 1 atom stereocenters. The molecule has 0 aromatic heterocycles. The minimum atomic E-state index is 0.445. The molecule has 0 aliphatic heterocycles. The Hall–Kier alpha value is -0.0800. The van der Waals surface area contributed by atoms with Gasteiger partial charge in [-0.05, 0) is 37.9 Å². The molecule has 0 aliphatic rings. The number of hydrogen-bond acceptors (Lipinski definition) is 2. The van der Waals surface area contributed by atoms with Gasteiger partial charge in [0.05, 0.1) is 0 Å². The zero-order valence-electron chi connectivity index (χ0n) is 9.93. The molecule has 0 aromatic rings. The maximum absolute atomic E-state index is 5.58. The highest BCUT2D eigenvalue weighted by atomic mass is 15.1. The Morgan fingerprint density at radius 1 is 1.31 bits per heavy atom. The van der Waals surface area contributed by atoms with Crippen LogP contribution >= 0.6 is 0 Å². The van der Waals surface area contributed by atoms with Crippen LogP contribution in [0, 0.1) is 11.3 Å². The maximum atomic E-state index is 5.58. The summed E-state index contributed by atoms with van der Waals surface area (Å²) >= 11 is 0. The van der Waals surface area contributed by atoms with Gasteiger partial charge >= 0.3 is 0 Å². The summed E-state index contributed by atoms with van der Waals surface area (Å²) in [6.45, 7) is 12.1. The van der Waals surface area contributed by atoms with Gasteiger partial charge in [0.15, 0.2) is 0 Å². The van der Waals surface area contributed by atoms with Crippen molar-refractivity contribution in [3.8, 4) is 0 Å². The van der Waals surface area contributed by atoms with Crippen molar-refractivity contribution >= 4 is 0 Å². The lowest BCUT2D eigenvalue weighted by Gasteiger charge is -2.25. The number of hydrogen-bond donors (Lipinski definition) is 1. The van der Waals surface area contributed by atoms with Gasteiger partial charge in [0.2, 0.25) is 0 Å². The molecule has 2 N–H and O–H groups in total. The second-order valence-corrected chi connectivity index (χ2v) is 5.41. The fraction of sp³-hybridized carbons (Fsp3) is 1.00. The van der Waals surface area contributed by atoms with Crippen molar-refractivity contribution in [1.29, 1.82) is 0 Å². The SMILES string of the molecule is CC(CN)CN(C)CCC(C)(C)C. The Bertz CT molecular complexity index is 127. The molecule has 13 heavy (non-hydrogen) atoms. The summed E-state index contributed by atoms with van der Waals surface area (Å²) in [5, 5.41) is 0. The van der Waals surface area contributed by atoms with Crippen LogP contribution in [0.25, 0.3) is 0 Å². The Labute approximate surface area is 83.5 Å². The van der Waals surface area contributed by atoms with Crippen LogP contribution in [0.3, 0.4) is 0 Å². The van der Waals surface area contributed by atoms with Gasteiger partial charge < -0.3 is 10.6 Å². The van der Waals surface area contributed by atoms with Gasteiger partial charge in [-0.2, -0.15) is 0 Å². The molecule has 1 unspecified atom stereocenters. The van der Waals surface area contributed by atoms with E-state index >= 15 is 0 Å². The first-order valence-electron chi connectivity index (χ1n) is 5.24. The Morgan fingerprint density at radius 3 is 2.23 bits per heavy atom. The van der Waals surface area contributed by atoms with E-state index in [0.717, 1.165) is 13.1 Å². The smallest absolute Gasteiger partial charge is 0.00160 e. The van der Waals surface area contributed by atoms with Gasteiger partial charge in [0.25, 0.3) is 0 Å². The van der Waals surface area contributed by atoms with Crippen LogP contribution in [-0.2, 0) is 0 Å². The Kier molecular flexibility index (Phi) is 5.57. The van der Waals surface area contributed by atoms with Crippen LogP contribution in [0.4, 0.5) is 0 Å². The van der Waals surface area contributed by atoms with E-state index in [1.165, 1.54) is 13.0 Å². The highest BCUT2D eigenvalue weighted by Crippen LogP contribution is 2.18. The van der Waals surface area contributed by atoms with Crippen LogP contribution in [0.2, 0.25) is 0 Å². The molecule has 0 amide bonds. The van der Waals surface area contributed by atoms with E-state index in [-0.39, 0.29) is 0 Å². The van der Waals surface area contributed by atoms with Gasteiger partial charge in [-0.1, -0.05) is 27.7 Å². The minimum absolute atomic E-state index is 0.445. The summed E-state index contributed by atoms with van der Waals surface area (Å²) in [4.78, 5) is 2.38. The van der Waals surface area contributed by atoms with Gasteiger partial charge in [-0.3, -0.25) is 0 Å². The fourth-order valence-electron chi connectivity index (χ4n) is 1.22. The first-order valence-corrected chi connectivity index (χ1v) is 5.24. The summed E-state index contributed by atoms with van der Waals surface area (Å²) in [6, 6.07) is 0. The number of rotatable bonds is 5. The minimum Gasteiger partial charge on any atom is -0.330 e. The number of nitrogens with two attached hydrogens (primary N) is 1. The van der Waals surface area contributed by atoms with Gasteiger partial charge in [0, 0.05) is 6.54 Å². The lowest BCUT2D eigenvalue weighted by atomic mass is 9.92. The lowest BCUT2D eigenvalue weighted by molar-refractivity contribution is 0.241.